The van der Waals surface area contributed by atoms with Crippen molar-refractivity contribution in [2.75, 3.05) is 6.61 Å². The highest BCUT2D eigenvalue weighted by Crippen LogP contribution is 2.14. The molecule has 0 fully saturated rings. The molecule has 4 heteroatoms. The van der Waals surface area contributed by atoms with Gasteiger partial charge in [-0.1, -0.05) is 19.1 Å². The van der Waals surface area contributed by atoms with E-state index in [4.69, 9.17) is 15.6 Å². The molecule has 3 N–H and O–H groups in total. The zero-order chi connectivity index (χ0) is 12.0. The highest BCUT2D eigenvalue weighted by molar-refractivity contribution is 5.69. The van der Waals surface area contributed by atoms with E-state index in [0.29, 0.717) is 19.6 Å². The van der Waals surface area contributed by atoms with Gasteiger partial charge in [-0.05, 0) is 24.1 Å². The highest BCUT2D eigenvalue weighted by atomic mass is 16.5. The van der Waals surface area contributed by atoms with Crippen LogP contribution in [0, 0.1) is 5.92 Å². The predicted octanol–water partition coefficient (Wildman–Crippen LogP) is 1.63. The fourth-order valence-electron chi connectivity index (χ4n) is 1.24. The van der Waals surface area contributed by atoms with Gasteiger partial charge in [-0.3, -0.25) is 4.79 Å². The van der Waals surface area contributed by atoms with Crippen molar-refractivity contribution in [1.29, 1.82) is 0 Å². The van der Waals surface area contributed by atoms with Crippen LogP contribution >= 0.6 is 0 Å². The summed E-state index contributed by atoms with van der Waals surface area (Å²) in [7, 11) is 0. The molecular weight excluding hydrogens is 206 g/mol. The van der Waals surface area contributed by atoms with Crippen molar-refractivity contribution in [3.8, 4) is 5.75 Å². The number of benzene rings is 1. The molecule has 0 bridgehead atoms. The fraction of sp³-hybridized carbons (Fsp3) is 0.417. The molecule has 0 saturated heterocycles. The number of hydrogen-bond acceptors (Lipinski definition) is 3. The lowest BCUT2D eigenvalue weighted by Crippen LogP contribution is -2.13. The first-order chi connectivity index (χ1) is 7.63. The van der Waals surface area contributed by atoms with Crippen LogP contribution < -0.4 is 10.5 Å². The van der Waals surface area contributed by atoms with Crippen molar-refractivity contribution in [2.24, 2.45) is 11.7 Å². The summed E-state index contributed by atoms with van der Waals surface area (Å²) >= 11 is 0. The van der Waals surface area contributed by atoms with Crippen LogP contribution in [0.1, 0.15) is 18.9 Å². The van der Waals surface area contributed by atoms with Gasteiger partial charge in [-0.2, -0.15) is 0 Å². The molecule has 1 unspecified atom stereocenters. The summed E-state index contributed by atoms with van der Waals surface area (Å²) in [5.41, 5.74) is 6.51. The Kier molecular flexibility index (Phi) is 4.79. The Hall–Kier alpha value is -1.55. The second kappa shape index (κ2) is 6.12. The average molecular weight is 223 g/mol. The number of carboxylic acid groups (broad SMARTS) is 1. The molecule has 0 aromatic heterocycles. The normalized spacial score (nSPS) is 12.1. The monoisotopic (exact) mass is 223 g/mol. The third kappa shape index (κ3) is 3.90. The lowest BCUT2D eigenvalue weighted by atomic mass is 10.1. The van der Waals surface area contributed by atoms with Crippen molar-refractivity contribution in [1.82, 2.24) is 0 Å². The maximum atomic E-state index is 10.6. The standard InChI is InChI=1S/C12H17NO3/c1-9(12(14)15)5-6-16-11-4-2-3-10(7-11)8-13/h2-4,7,9H,5-6,8,13H2,1H3,(H,14,15). The van der Waals surface area contributed by atoms with Gasteiger partial charge in [-0.15, -0.1) is 0 Å². The van der Waals surface area contributed by atoms with Crippen LogP contribution in [0.2, 0.25) is 0 Å². The number of aliphatic carboxylic acids is 1. The quantitative estimate of drug-likeness (QED) is 0.768. The van der Waals surface area contributed by atoms with E-state index >= 15 is 0 Å². The van der Waals surface area contributed by atoms with Crippen molar-refractivity contribution in [3.63, 3.8) is 0 Å². The minimum atomic E-state index is -0.792. The van der Waals surface area contributed by atoms with Crippen LogP contribution in [-0.4, -0.2) is 17.7 Å². The van der Waals surface area contributed by atoms with Crippen molar-refractivity contribution < 1.29 is 14.6 Å². The number of carbonyl (C=O) groups is 1. The van der Waals surface area contributed by atoms with E-state index in [1.807, 2.05) is 24.3 Å². The van der Waals surface area contributed by atoms with Gasteiger partial charge < -0.3 is 15.6 Å². The van der Waals surface area contributed by atoms with Crippen molar-refractivity contribution in [2.45, 2.75) is 19.9 Å². The minimum absolute atomic E-state index is 0.377. The SMILES string of the molecule is CC(CCOc1cccc(CN)c1)C(=O)O. The summed E-state index contributed by atoms with van der Waals surface area (Å²) < 4.78 is 5.45. The van der Waals surface area contributed by atoms with Gasteiger partial charge in [0.05, 0.1) is 12.5 Å². The molecular formula is C12H17NO3. The van der Waals surface area contributed by atoms with Crippen LogP contribution in [0.5, 0.6) is 5.75 Å². The Labute approximate surface area is 95.0 Å². The van der Waals surface area contributed by atoms with Gasteiger partial charge in [-0.25, -0.2) is 0 Å². The molecule has 1 atom stereocenters. The largest absolute Gasteiger partial charge is 0.494 e. The van der Waals surface area contributed by atoms with Crippen molar-refractivity contribution >= 4 is 5.97 Å². The summed E-state index contributed by atoms with van der Waals surface area (Å²) in [4.78, 5) is 10.6. The first kappa shape index (κ1) is 12.5. The first-order valence-corrected chi connectivity index (χ1v) is 5.28. The Morgan fingerprint density at radius 2 is 2.31 bits per heavy atom. The fourth-order valence-corrected chi connectivity index (χ4v) is 1.24. The molecule has 4 nitrogen and oxygen atoms in total. The average Bonchev–Trinajstić information content (AvgIpc) is 2.29. The van der Waals surface area contributed by atoms with Crippen LogP contribution in [0.4, 0.5) is 0 Å². The lowest BCUT2D eigenvalue weighted by molar-refractivity contribution is -0.141. The van der Waals surface area contributed by atoms with Gasteiger partial charge in [0.25, 0.3) is 0 Å². The van der Waals surface area contributed by atoms with E-state index < -0.39 is 5.97 Å². The lowest BCUT2D eigenvalue weighted by Gasteiger charge is -2.09. The molecule has 16 heavy (non-hydrogen) atoms. The van der Waals surface area contributed by atoms with Crippen LogP contribution in [0.15, 0.2) is 24.3 Å². The number of hydrogen-bond donors (Lipinski definition) is 2. The molecule has 0 amide bonds. The first-order valence-electron chi connectivity index (χ1n) is 5.28. The maximum absolute atomic E-state index is 10.6. The van der Waals surface area contributed by atoms with E-state index in [9.17, 15) is 4.79 Å². The maximum Gasteiger partial charge on any atom is 0.306 e. The summed E-state index contributed by atoms with van der Waals surface area (Å²) in [5, 5.41) is 8.69. The van der Waals surface area contributed by atoms with E-state index in [2.05, 4.69) is 0 Å². The number of nitrogens with two attached hydrogens (primary N) is 1. The summed E-state index contributed by atoms with van der Waals surface area (Å²) in [5.74, 6) is -0.433. The Bertz CT molecular complexity index is 352. The predicted molar refractivity (Wildman–Crippen MR) is 61.2 cm³/mol. The molecule has 0 aliphatic heterocycles. The van der Waals surface area contributed by atoms with Gasteiger partial charge in [0, 0.05) is 6.54 Å². The van der Waals surface area contributed by atoms with Crippen LogP contribution in [0.3, 0.4) is 0 Å². The zero-order valence-electron chi connectivity index (χ0n) is 9.35. The van der Waals surface area contributed by atoms with Gasteiger partial charge in [0.2, 0.25) is 0 Å². The third-order valence-electron chi connectivity index (χ3n) is 2.38. The molecule has 88 valence electrons. The molecule has 0 heterocycles. The Morgan fingerprint density at radius 3 is 2.94 bits per heavy atom. The third-order valence-corrected chi connectivity index (χ3v) is 2.38. The van der Waals surface area contributed by atoms with E-state index in [0.717, 1.165) is 11.3 Å². The molecule has 1 aromatic rings. The zero-order valence-corrected chi connectivity index (χ0v) is 9.35. The molecule has 0 saturated carbocycles. The molecule has 1 aromatic carbocycles. The number of ether oxygens (including phenoxy) is 1. The molecule has 0 aliphatic carbocycles. The number of rotatable bonds is 6. The van der Waals surface area contributed by atoms with E-state index in [1.165, 1.54) is 0 Å². The molecule has 1 rings (SSSR count). The second-order valence-corrected chi connectivity index (χ2v) is 3.73. The van der Waals surface area contributed by atoms with Crippen LogP contribution in [-0.2, 0) is 11.3 Å². The van der Waals surface area contributed by atoms with Crippen LogP contribution in [0.25, 0.3) is 0 Å². The summed E-state index contributed by atoms with van der Waals surface area (Å²) in [6, 6.07) is 7.50. The molecule has 0 aliphatic rings. The minimum Gasteiger partial charge on any atom is -0.494 e. The second-order valence-electron chi connectivity index (χ2n) is 3.73. The van der Waals surface area contributed by atoms with Gasteiger partial charge >= 0.3 is 5.97 Å². The smallest absolute Gasteiger partial charge is 0.306 e. The van der Waals surface area contributed by atoms with E-state index in [1.54, 1.807) is 6.92 Å². The molecule has 0 spiro atoms. The van der Waals surface area contributed by atoms with Gasteiger partial charge in [0.15, 0.2) is 0 Å². The molecule has 0 radical (unpaired) electrons. The number of carboxylic acids is 1. The van der Waals surface area contributed by atoms with Gasteiger partial charge in [0.1, 0.15) is 5.75 Å². The summed E-state index contributed by atoms with van der Waals surface area (Å²) in [6.07, 6.45) is 0.502. The van der Waals surface area contributed by atoms with Crippen molar-refractivity contribution in [3.05, 3.63) is 29.8 Å². The topological polar surface area (TPSA) is 72.5 Å². The van der Waals surface area contributed by atoms with E-state index in [-0.39, 0.29) is 5.92 Å². The Morgan fingerprint density at radius 1 is 1.56 bits per heavy atom. The summed E-state index contributed by atoms with van der Waals surface area (Å²) in [6.45, 7) is 2.55. The Balaban J connectivity index is 2.39. The highest BCUT2D eigenvalue weighted by Gasteiger charge is 2.10.